The number of hydrogen-bond donors (Lipinski definition) is 1. The van der Waals surface area contributed by atoms with Gasteiger partial charge in [-0.15, -0.1) is 0 Å². The smallest absolute Gasteiger partial charge is 0.158 e. The quantitative estimate of drug-likeness (QED) is 0.309. The molecule has 5 nitrogen and oxygen atoms in total. The minimum Gasteiger partial charge on any atom is -0.317 e. The lowest BCUT2D eigenvalue weighted by molar-refractivity contribution is 0.343. The minimum absolute atomic E-state index is 0.258. The Balaban J connectivity index is 1.61. The van der Waals surface area contributed by atoms with Gasteiger partial charge in [0, 0.05) is 71.0 Å². The average molecular weight is 554 g/mol. The number of nitrogens with one attached hydrogen (secondary N) is 1. The summed E-state index contributed by atoms with van der Waals surface area (Å²) in [5.74, 6) is -0.258. The monoisotopic (exact) mass is 553 g/mol. The van der Waals surface area contributed by atoms with Gasteiger partial charge in [-0.2, -0.15) is 5.10 Å². The Kier molecular flexibility index (Phi) is 5.74. The summed E-state index contributed by atoms with van der Waals surface area (Å²) in [6, 6.07) is 9.06. The first-order valence-corrected chi connectivity index (χ1v) is 13.4. The molecular weight excluding hydrogens is 536 g/mol. The summed E-state index contributed by atoms with van der Waals surface area (Å²) in [6.07, 6.45) is 7.92. The van der Waals surface area contributed by atoms with Gasteiger partial charge in [0.05, 0.1) is 6.04 Å². The molecule has 30 heavy (non-hydrogen) atoms. The number of benzene rings is 1. The van der Waals surface area contributed by atoms with Crippen LogP contribution in [0.5, 0.6) is 0 Å². The van der Waals surface area contributed by atoms with E-state index in [2.05, 4.69) is 37.7 Å². The number of pyridine rings is 1. The van der Waals surface area contributed by atoms with Crippen molar-refractivity contribution in [2.45, 2.75) is 18.9 Å². The normalized spacial score (nSPS) is 15.2. The van der Waals surface area contributed by atoms with Crippen molar-refractivity contribution in [3.8, 4) is 22.3 Å². The van der Waals surface area contributed by atoms with Crippen molar-refractivity contribution >= 4 is 53.0 Å². The largest absolute Gasteiger partial charge is 0.317 e. The van der Waals surface area contributed by atoms with Crippen LogP contribution in [0.4, 0.5) is 4.39 Å². The third kappa shape index (κ3) is 3.74. The Labute approximate surface area is 194 Å². The van der Waals surface area contributed by atoms with Crippen molar-refractivity contribution in [3.05, 3.63) is 59.9 Å². The van der Waals surface area contributed by atoms with Gasteiger partial charge >= 0.3 is 0 Å². The summed E-state index contributed by atoms with van der Waals surface area (Å²) in [4.78, 5) is 4.70. The van der Waals surface area contributed by atoms with E-state index < -0.39 is 0 Å². The number of rotatable bonds is 4. The molecule has 0 atom stereocenters. The molecule has 0 spiro atoms. The molecule has 1 aliphatic rings. The van der Waals surface area contributed by atoms with E-state index in [0.717, 1.165) is 59.2 Å². The van der Waals surface area contributed by atoms with E-state index in [1.165, 1.54) is 15.2 Å². The molecule has 1 saturated heterocycles. The molecule has 0 bridgehead atoms. The second kappa shape index (κ2) is 8.49. The topological polar surface area (TPSA) is 47.7 Å². The second-order valence-electron chi connectivity index (χ2n) is 7.34. The van der Waals surface area contributed by atoms with Gasteiger partial charge in [0.1, 0.15) is 5.82 Å². The predicted octanol–water partition coefficient (Wildman–Crippen LogP) is 6.13. The van der Waals surface area contributed by atoms with Gasteiger partial charge in [0.2, 0.25) is 0 Å². The predicted molar refractivity (Wildman–Crippen MR) is 130 cm³/mol. The highest BCUT2D eigenvalue weighted by Gasteiger charge is 2.20. The van der Waals surface area contributed by atoms with Crippen molar-refractivity contribution in [2.75, 3.05) is 13.1 Å². The van der Waals surface area contributed by atoms with Gasteiger partial charge in [-0.1, -0.05) is 23.7 Å². The molecule has 0 unspecified atom stereocenters. The fourth-order valence-electron chi connectivity index (χ4n) is 3.99. The van der Waals surface area contributed by atoms with Crippen LogP contribution in [-0.2, 0) is 0 Å². The molecule has 3 aromatic heterocycles. The standard InChI is InChI=1S/C21H18ClFIN5S/c22-20-19(11-28(27-20)16-4-6-25-7-5-16)14-9-17-18(13-2-1-3-15(23)8-13)12-29(30-24)21(17)26-10-14/h1-3,8-12,16,25H,4-7H2. The molecule has 5 rings (SSSR count). The van der Waals surface area contributed by atoms with Gasteiger partial charge in [-0.25, -0.2) is 9.37 Å². The van der Waals surface area contributed by atoms with E-state index in [0.29, 0.717) is 11.2 Å². The SMILES string of the molecule is Fc1cccc(-c2cn(SI)c3ncc(-c4cn(C5CCNCC5)nc4Cl)cc23)c1. The number of halogens is 3. The van der Waals surface area contributed by atoms with Gasteiger partial charge in [0.25, 0.3) is 0 Å². The molecule has 0 amide bonds. The van der Waals surface area contributed by atoms with Crippen LogP contribution in [0.2, 0.25) is 5.15 Å². The van der Waals surface area contributed by atoms with Crippen molar-refractivity contribution in [1.29, 1.82) is 0 Å². The molecule has 0 radical (unpaired) electrons. The van der Waals surface area contributed by atoms with Crippen molar-refractivity contribution < 1.29 is 4.39 Å². The third-order valence-corrected chi connectivity index (χ3v) is 7.48. The second-order valence-corrected chi connectivity index (χ2v) is 9.41. The lowest BCUT2D eigenvalue weighted by atomic mass is 10.0. The van der Waals surface area contributed by atoms with E-state index in [4.69, 9.17) is 16.6 Å². The van der Waals surface area contributed by atoms with E-state index in [-0.39, 0.29) is 5.82 Å². The van der Waals surface area contributed by atoms with Crippen LogP contribution in [0.15, 0.2) is 48.9 Å². The first-order valence-electron chi connectivity index (χ1n) is 9.66. The number of fused-ring (bicyclic) bond motifs is 1. The Morgan fingerprint density at radius 1 is 1.13 bits per heavy atom. The molecular formula is C21H18ClFIN5S. The molecule has 4 heterocycles. The Hall–Kier alpha value is -1.62. The zero-order valence-electron chi connectivity index (χ0n) is 15.9. The summed E-state index contributed by atoms with van der Waals surface area (Å²) >= 11 is 8.74. The van der Waals surface area contributed by atoms with Crippen LogP contribution in [-0.4, -0.2) is 31.8 Å². The maximum atomic E-state index is 13.9. The highest BCUT2D eigenvalue weighted by Crippen LogP contribution is 2.37. The summed E-state index contributed by atoms with van der Waals surface area (Å²) < 4.78 is 17.8. The van der Waals surface area contributed by atoms with Crippen LogP contribution < -0.4 is 5.32 Å². The molecule has 154 valence electrons. The Bertz CT molecular complexity index is 1220. The summed E-state index contributed by atoms with van der Waals surface area (Å²) in [5, 5.41) is 9.37. The summed E-state index contributed by atoms with van der Waals surface area (Å²) in [6.45, 7) is 1.98. The van der Waals surface area contributed by atoms with Crippen molar-refractivity contribution in [2.24, 2.45) is 0 Å². The minimum atomic E-state index is -0.258. The zero-order chi connectivity index (χ0) is 20.7. The van der Waals surface area contributed by atoms with Gasteiger partial charge < -0.3 is 5.32 Å². The third-order valence-electron chi connectivity index (χ3n) is 5.50. The van der Waals surface area contributed by atoms with Crippen LogP contribution in [0, 0.1) is 5.82 Å². The molecule has 1 N–H and O–H groups in total. The van der Waals surface area contributed by atoms with E-state index >= 15 is 0 Å². The molecule has 1 aromatic carbocycles. The Morgan fingerprint density at radius 3 is 2.73 bits per heavy atom. The highest BCUT2D eigenvalue weighted by molar-refractivity contribution is 14.2. The Morgan fingerprint density at radius 2 is 1.97 bits per heavy atom. The van der Waals surface area contributed by atoms with E-state index in [1.54, 1.807) is 12.1 Å². The molecule has 1 aliphatic heterocycles. The van der Waals surface area contributed by atoms with Gasteiger partial charge in [-0.05, 0) is 49.7 Å². The summed E-state index contributed by atoms with van der Waals surface area (Å²) in [7, 11) is 1.53. The van der Waals surface area contributed by atoms with Crippen molar-refractivity contribution in [1.82, 2.24) is 24.1 Å². The fourth-order valence-corrected chi connectivity index (χ4v) is 5.49. The lowest BCUT2D eigenvalue weighted by Crippen LogP contribution is -2.29. The number of nitrogens with zero attached hydrogens (tertiary/aromatic N) is 4. The maximum absolute atomic E-state index is 13.9. The first-order chi connectivity index (χ1) is 14.6. The lowest BCUT2D eigenvalue weighted by Gasteiger charge is -2.22. The number of aromatic nitrogens is 4. The van der Waals surface area contributed by atoms with Crippen LogP contribution in [0.3, 0.4) is 0 Å². The first kappa shape index (κ1) is 20.3. The summed E-state index contributed by atoms with van der Waals surface area (Å²) in [5.41, 5.74) is 4.36. The van der Waals surface area contributed by atoms with Crippen LogP contribution in [0.25, 0.3) is 33.3 Å². The number of piperidine rings is 1. The number of hydrogen-bond acceptors (Lipinski definition) is 4. The zero-order valence-corrected chi connectivity index (χ0v) is 19.6. The van der Waals surface area contributed by atoms with Gasteiger partial charge in [-0.3, -0.25) is 8.65 Å². The molecule has 4 aromatic rings. The van der Waals surface area contributed by atoms with E-state index in [9.17, 15) is 4.39 Å². The average Bonchev–Trinajstić information content (AvgIpc) is 3.34. The van der Waals surface area contributed by atoms with Crippen LogP contribution in [0.1, 0.15) is 18.9 Å². The van der Waals surface area contributed by atoms with Crippen LogP contribution >= 0.6 is 41.9 Å². The molecule has 1 fully saturated rings. The maximum Gasteiger partial charge on any atom is 0.158 e. The highest BCUT2D eigenvalue weighted by atomic mass is 127. The molecule has 0 saturated carbocycles. The van der Waals surface area contributed by atoms with Crippen molar-refractivity contribution in [3.63, 3.8) is 0 Å². The van der Waals surface area contributed by atoms with E-state index in [1.807, 2.05) is 33.3 Å². The molecule has 9 heteroatoms. The molecule has 0 aliphatic carbocycles. The fraction of sp³-hybridized carbons (Fsp3) is 0.238. The van der Waals surface area contributed by atoms with Gasteiger partial charge in [0.15, 0.2) is 10.8 Å².